The van der Waals surface area contributed by atoms with Crippen molar-refractivity contribution in [2.45, 2.75) is 32.4 Å². The van der Waals surface area contributed by atoms with E-state index in [1.807, 2.05) is 38.1 Å². The Morgan fingerprint density at radius 2 is 2.00 bits per heavy atom. The lowest BCUT2D eigenvalue weighted by molar-refractivity contribution is -0.118. The molecule has 1 aromatic carbocycles. The second-order valence-electron chi connectivity index (χ2n) is 4.50. The van der Waals surface area contributed by atoms with Gasteiger partial charge in [0, 0.05) is 12.3 Å². The Bertz CT molecular complexity index is 412. The van der Waals surface area contributed by atoms with Crippen LogP contribution in [0.5, 0.6) is 0 Å². The van der Waals surface area contributed by atoms with E-state index < -0.39 is 11.6 Å². The van der Waals surface area contributed by atoms with Crippen molar-refractivity contribution in [1.29, 1.82) is 0 Å². The minimum atomic E-state index is -0.771. The summed E-state index contributed by atoms with van der Waals surface area (Å²) in [6, 6.07) is 7.63. The van der Waals surface area contributed by atoms with Crippen LogP contribution < -0.4 is 4.90 Å². The first-order chi connectivity index (χ1) is 6.96. The van der Waals surface area contributed by atoms with E-state index in [1.54, 1.807) is 0 Å². The van der Waals surface area contributed by atoms with Crippen molar-refractivity contribution in [1.82, 2.24) is 0 Å². The third-order valence-electron chi connectivity index (χ3n) is 3.09. The summed E-state index contributed by atoms with van der Waals surface area (Å²) in [5.41, 5.74) is 1.44. The number of carbonyl (C=O) groups excluding carboxylic acids is 1. The van der Waals surface area contributed by atoms with Gasteiger partial charge in [-0.2, -0.15) is 0 Å². The lowest BCUT2D eigenvalue weighted by atomic mass is 9.85. The molecule has 0 spiro atoms. The Balaban J connectivity index is 2.62. The van der Waals surface area contributed by atoms with E-state index in [0.29, 0.717) is 0 Å². The molecule has 1 aliphatic heterocycles. The number of anilines is 1. The number of hydrogen-bond donors (Lipinski definition) is 1. The summed E-state index contributed by atoms with van der Waals surface area (Å²) in [5, 5.41) is 10.1. The molecular weight excluding hydrogens is 190 g/mol. The molecule has 0 bridgehead atoms. The number of aliphatic hydroxyl groups is 1. The smallest absolute Gasteiger partial charge is 0.226 e. The number of hydrogen-bond acceptors (Lipinski definition) is 2. The van der Waals surface area contributed by atoms with Crippen LogP contribution in [-0.4, -0.2) is 17.2 Å². The molecule has 1 aliphatic rings. The molecule has 1 N–H and O–H groups in total. The zero-order valence-corrected chi connectivity index (χ0v) is 9.19. The lowest BCUT2D eigenvalue weighted by Gasteiger charge is -2.27. The second-order valence-corrected chi connectivity index (χ2v) is 4.50. The minimum Gasteiger partial charge on any atom is -0.372 e. The van der Waals surface area contributed by atoms with Crippen LogP contribution in [0.1, 0.15) is 26.3 Å². The monoisotopic (exact) mass is 205 g/mol. The van der Waals surface area contributed by atoms with Crippen molar-refractivity contribution < 1.29 is 9.90 Å². The van der Waals surface area contributed by atoms with E-state index in [0.717, 1.165) is 11.3 Å². The molecular formula is C12H15NO2. The van der Waals surface area contributed by atoms with E-state index in [9.17, 15) is 9.90 Å². The maximum atomic E-state index is 11.5. The number of amides is 1. The van der Waals surface area contributed by atoms with E-state index in [4.69, 9.17) is 0 Å². The third-order valence-corrected chi connectivity index (χ3v) is 3.09. The number of para-hydroxylation sites is 1. The highest BCUT2D eigenvalue weighted by Crippen LogP contribution is 2.43. The van der Waals surface area contributed by atoms with E-state index in [-0.39, 0.29) is 5.91 Å². The molecule has 0 saturated heterocycles. The molecule has 0 radical (unpaired) electrons. The number of carbonyl (C=O) groups is 1. The molecule has 80 valence electrons. The fraction of sp³-hybridized carbons (Fsp3) is 0.417. The quantitative estimate of drug-likeness (QED) is 0.699. The van der Waals surface area contributed by atoms with Crippen molar-refractivity contribution >= 4 is 11.6 Å². The zero-order chi connectivity index (χ0) is 11.2. The average Bonchev–Trinajstić information content (AvgIpc) is 2.36. The van der Waals surface area contributed by atoms with E-state index in [2.05, 4.69) is 0 Å². The standard InChI is InChI=1S/C12H15NO2/c1-8(14)13-10-7-5-4-6-9(10)12(2,3)11(13)15/h4-7,11,15H,1-3H3. The Morgan fingerprint density at radius 3 is 2.60 bits per heavy atom. The van der Waals surface area contributed by atoms with Gasteiger partial charge in [-0.05, 0) is 11.6 Å². The van der Waals surface area contributed by atoms with Gasteiger partial charge in [0.15, 0.2) is 0 Å². The fourth-order valence-electron chi connectivity index (χ4n) is 2.16. The summed E-state index contributed by atoms with van der Waals surface area (Å²) in [7, 11) is 0. The summed E-state index contributed by atoms with van der Waals surface area (Å²) in [6.07, 6.45) is -0.771. The maximum Gasteiger partial charge on any atom is 0.226 e. The molecule has 2 rings (SSSR count). The van der Waals surface area contributed by atoms with Gasteiger partial charge in [0.1, 0.15) is 6.23 Å². The Labute approximate surface area is 89.3 Å². The fourth-order valence-corrected chi connectivity index (χ4v) is 2.16. The van der Waals surface area contributed by atoms with Gasteiger partial charge in [-0.15, -0.1) is 0 Å². The molecule has 0 aliphatic carbocycles. The SMILES string of the molecule is CC(=O)N1c2ccccc2C(C)(C)C1O. The molecule has 1 heterocycles. The number of benzene rings is 1. The van der Waals surface area contributed by atoms with Gasteiger partial charge in [0.25, 0.3) is 0 Å². The number of fused-ring (bicyclic) bond motifs is 1. The summed E-state index contributed by atoms with van der Waals surface area (Å²) in [4.78, 5) is 12.9. The Morgan fingerprint density at radius 1 is 1.40 bits per heavy atom. The first kappa shape index (κ1) is 10.2. The van der Waals surface area contributed by atoms with Crippen LogP contribution >= 0.6 is 0 Å². The highest BCUT2D eigenvalue weighted by Gasteiger charge is 2.44. The van der Waals surface area contributed by atoms with Crippen LogP contribution in [0.15, 0.2) is 24.3 Å². The van der Waals surface area contributed by atoms with Gasteiger partial charge in [0.2, 0.25) is 5.91 Å². The molecule has 0 fully saturated rings. The molecule has 1 unspecified atom stereocenters. The van der Waals surface area contributed by atoms with Crippen LogP contribution in [-0.2, 0) is 10.2 Å². The zero-order valence-electron chi connectivity index (χ0n) is 9.19. The summed E-state index contributed by atoms with van der Waals surface area (Å²) in [6.45, 7) is 5.36. The van der Waals surface area contributed by atoms with Crippen molar-refractivity contribution in [3.63, 3.8) is 0 Å². The van der Waals surface area contributed by atoms with Crippen molar-refractivity contribution in [3.05, 3.63) is 29.8 Å². The van der Waals surface area contributed by atoms with Crippen LogP contribution in [0.4, 0.5) is 5.69 Å². The average molecular weight is 205 g/mol. The molecule has 0 aromatic heterocycles. The molecule has 1 amide bonds. The van der Waals surface area contributed by atoms with Crippen LogP contribution in [0.3, 0.4) is 0 Å². The summed E-state index contributed by atoms with van der Waals surface area (Å²) >= 11 is 0. The van der Waals surface area contributed by atoms with Gasteiger partial charge in [-0.3, -0.25) is 9.69 Å². The highest BCUT2D eigenvalue weighted by atomic mass is 16.3. The minimum absolute atomic E-state index is 0.125. The number of rotatable bonds is 0. The highest BCUT2D eigenvalue weighted by molar-refractivity contribution is 5.95. The van der Waals surface area contributed by atoms with Gasteiger partial charge in [0.05, 0.1) is 5.69 Å². The van der Waals surface area contributed by atoms with Gasteiger partial charge in [-0.1, -0.05) is 32.0 Å². The van der Waals surface area contributed by atoms with Gasteiger partial charge >= 0.3 is 0 Å². The van der Waals surface area contributed by atoms with Gasteiger partial charge < -0.3 is 5.11 Å². The second kappa shape index (κ2) is 3.07. The van der Waals surface area contributed by atoms with Crippen molar-refractivity contribution in [2.24, 2.45) is 0 Å². The molecule has 15 heavy (non-hydrogen) atoms. The topological polar surface area (TPSA) is 40.5 Å². The molecule has 3 heteroatoms. The lowest BCUT2D eigenvalue weighted by Crippen LogP contribution is -2.43. The first-order valence-electron chi connectivity index (χ1n) is 5.03. The van der Waals surface area contributed by atoms with Crippen molar-refractivity contribution in [3.8, 4) is 0 Å². The summed E-state index contributed by atoms with van der Waals surface area (Å²) in [5.74, 6) is -0.125. The Hall–Kier alpha value is -1.35. The molecule has 3 nitrogen and oxygen atoms in total. The summed E-state index contributed by atoms with van der Waals surface area (Å²) < 4.78 is 0. The van der Waals surface area contributed by atoms with E-state index >= 15 is 0 Å². The number of aliphatic hydroxyl groups excluding tert-OH is 1. The number of nitrogens with zero attached hydrogens (tertiary/aromatic N) is 1. The largest absolute Gasteiger partial charge is 0.372 e. The van der Waals surface area contributed by atoms with Gasteiger partial charge in [-0.25, -0.2) is 0 Å². The predicted molar refractivity (Wildman–Crippen MR) is 58.6 cm³/mol. The van der Waals surface area contributed by atoms with E-state index in [1.165, 1.54) is 11.8 Å². The third kappa shape index (κ3) is 1.27. The predicted octanol–water partition coefficient (Wildman–Crippen LogP) is 1.65. The molecule has 1 atom stereocenters. The van der Waals surface area contributed by atoms with Crippen molar-refractivity contribution in [2.75, 3.05) is 4.90 Å². The van der Waals surface area contributed by atoms with Crippen LogP contribution in [0.2, 0.25) is 0 Å². The Kier molecular flexibility index (Phi) is 2.08. The van der Waals surface area contributed by atoms with Crippen LogP contribution in [0, 0.1) is 0 Å². The first-order valence-corrected chi connectivity index (χ1v) is 5.03. The van der Waals surface area contributed by atoms with Crippen LogP contribution in [0.25, 0.3) is 0 Å². The maximum absolute atomic E-state index is 11.5. The normalized spacial score (nSPS) is 22.7. The molecule has 0 saturated carbocycles. The molecule has 1 aromatic rings.